The first-order chi connectivity index (χ1) is 10.2. The molecule has 0 atom stereocenters. The van der Waals surface area contributed by atoms with Crippen LogP contribution in [0.25, 0.3) is 0 Å². The van der Waals surface area contributed by atoms with E-state index < -0.39 is 0 Å². The van der Waals surface area contributed by atoms with Gasteiger partial charge < -0.3 is 15.0 Å². The number of nitrogens with one attached hydrogen (secondary N) is 1. The normalized spacial score (nSPS) is 15.0. The summed E-state index contributed by atoms with van der Waals surface area (Å²) in [7, 11) is 0. The van der Waals surface area contributed by atoms with Crippen LogP contribution < -0.4 is 10.2 Å². The van der Waals surface area contributed by atoms with Gasteiger partial charge in [0.25, 0.3) is 5.91 Å². The highest BCUT2D eigenvalue weighted by atomic mass is 32.1. The van der Waals surface area contributed by atoms with Gasteiger partial charge in [-0.3, -0.25) is 4.79 Å². The number of rotatable bonds is 3. The van der Waals surface area contributed by atoms with Crippen molar-refractivity contribution in [3.63, 3.8) is 0 Å². The van der Waals surface area contributed by atoms with Crippen molar-refractivity contribution in [2.45, 2.75) is 0 Å². The standard InChI is InChI=1S/C14H14FN3O2S/c15-10-1-3-11(4-2-10)16-13(19)12-9-21-14(17-12)18-5-7-20-8-6-18/h1-4,9H,5-8H2,(H,16,19). The number of hydrogen-bond donors (Lipinski definition) is 1. The molecule has 0 radical (unpaired) electrons. The molecule has 110 valence electrons. The van der Waals surface area contributed by atoms with Crippen LogP contribution in [0, 0.1) is 5.82 Å². The second kappa shape index (κ2) is 6.19. The van der Waals surface area contributed by atoms with Gasteiger partial charge in [-0.05, 0) is 24.3 Å². The Morgan fingerprint density at radius 3 is 2.71 bits per heavy atom. The van der Waals surface area contributed by atoms with Gasteiger partial charge in [-0.15, -0.1) is 11.3 Å². The first-order valence-corrected chi connectivity index (χ1v) is 7.45. The Labute approximate surface area is 125 Å². The Balaban J connectivity index is 1.67. The first kappa shape index (κ1) is 14.0. The van der Waals surface area contributed by atoms with Gasteiger partial charge in [0.1, 0.15) is 11.5 Å². The highest BCUT2D eigenvalue weighted by molar-refractivity contribution is 7.14. The zero-order valence-electron chi connectivity index (χ0n) is 11.2. The Bertz CT molecular complexity index is 623. The van der Waals surface area contributed by atoms with Gasteiger partial charge >= 0.3 is 0 Å². The SMILES string of the molecule is O=C(Nc1ccc(F)cc1)c1csc(N2CCOCC2)n1. The third-order valence-corrected chi connectivity index (χ3v) is 4.01. The molecule has 5 nitrogen and oxygen atoms in total. The molecule has 0 aliphatic carbocycles. The van der Waals surface area contributed by atoms with Crippen molar-refractivity contribution in [2.75, 3.05) is 36.5 Å². The summed E-state index contributed by atoms with van der Waals surface area (Å²) in [5.74, 6) is -0.631. The van der Waals surface area contributed by atoms with Gasteiger partial charge in [0.05, 0.1) is 13.2 Å². The lowest BCUT2D eigenvalue weighted by molar-refractivity contribution is 0.102. The lowest BCUT2D eigenvalue weighted by Gasteiger charge is -2.25. The molecule has 2 heterocycles. The van der Waals surface area contributed by atoms with Crippen molar-refractivity contribution in [1.29, 1.82) is 0 Å². The number of carbonyl (C=O) groups excluding carboxylic acids is 1. The van der Waals surface area contributed by atoms with Gasteiger partial charge in [0, 0.05) is 24.2 Å². The van der Waals surface area contributed by atoms with E-state index in [9.17, 15) is 9.18 Å². The van der Waals surface area contributed by atoms with E-state index in [1.165, 1.54) is 35.6 Å². The van der Waals surface area contributed by atoms with Gasteiger partial charge in [0.15, 0.2) is 5.13 Å². The van der Waals surface area contributed by atoms with Crippen LogP contribution in [-0.4, -0.2) is 37.2 Å². The number of amides is 1. The Hall–Kier alpha value is -1.99. The molecule has 1 saturated heterocycles. The third kappa shape index (κ3) is 3.37. The van der Waals surface area contributed by atoms with Crippen LogP contribution in [-0.2, 0) is 4.74 Å². The molecular weight excluding hydrogens is 293 g/mol. The van der Waals surface area contributed by atoms with E-state index in [-0.39, 0.29) is 11.7 Å². The summed E-state index contributed by atoms with van der Waals surface area (Å²) in [6, 6.07) is 5.64. The molecule has 1 aromatic heterocycles. The maximum Gasteiger partial charge on any atom is 0.275 e. The van der Waals surface area contributed by atoms with Crippen LogP contribution in [0.1, 0.15) is 10.5 Å². The molecule has 0 unspecified atom stereocenters. The smallest absolute Gasteiger partial charge is 0.275 e. The number of morpholine rings is 1. The maximum atomic E-state index is 12.8. The maximum absolute atomic E-state index is 12.8. The number of nitrogens with zero attached hydrogens (tertiary/aromatic N) is 2. The van der Waals surface area contributed by atoms with Gasteiger partial charge in [-0.25, -0.2) is 9.37 Å². The fraction of sp³-hybridized carbons (Fsp3) is 0.286. The molecule has 0 spiro atoms. The fourth-order valence-corrected chi connectivity index (χ4v) is 2.86. The topological polar surface area (TPSA) is 54.5 Å². The molecule has 2 aromatic rings. The van der Waals surface area contributed by atoms with Gasteiger partial charge in [-0.1, -0.05) is 0 Å². The Kier molecular flexibility index (Phi) is 4.12. The van der Waals surface area contributed by atoms with Crippen LogP contribution in [0.4, 0.5) is 15.2 Å². The average molecular weight is 307 g/mol. The number of benzene rings is 1. The molecule has 1 aromatic carbocycles. The lowest BCUT2D eigenvalue weighted by atomic mass is 10.3. The predicted octanol–water partition coefficient (Wildman–Crippen LogP) is 2.37. The van der Waals surface area contributed by atoms with Crippen molar-refractivity contribution < 1.29 is 13.9 Å². The third-order valence-electron chi connectivity index (χ3n) is 3.11. The number of carbonyl (C=O) groups is 1. The van der Waals surface area contributed by atoms with E-state index in [1.54, 1.807) is 5.38 Å². The van der Waals surface area contributed by atoms with Crippen molar-refractivity contribution in [2.24, 2.45) is 0 Å². The highest BCUT2D eigenvalue weighted by Crippen LogP contribution is 2.22. The van der Waals surface area contributed by atoms with Crippen molar-refractivity contribution >= 4 is 28.1 Å². The molecule has 7 heteroatoms. The molecular formula is C14H14FN3O2S. The quantitative estimate of drug-likeness (QED) is 0.946. The van der Waals surface area contributed by atoms with Gasteiger partial charge in [-0.2, -0.15) is 0 Å². The van der Waals surface area contributed by atoms with Crippen LogP contribution >= 0.6 is 11.3 Å². The largest absolute Gasteiger partial charge is 0.378 e. The molecule has 0 saturated carbocycles. The van der Waals surface area contributed by atoms with Crippen LogP contribution in [0.5, 0.6) is 0 Å². The summed E-state index contributed by atoms with van der Waals surface area (Å²) in [6.07, 6.45) is 0. The second-order valence-electron chi connectivity index (χ2n) is 4.58. The molecule has 1 aliphatic heterocycles. The predicted molar refractivity (Wildman–Crippen MR) is 79.5 cm³/mol. The van der Waals surface area contributed by atoms with Crippen LogP contribution in [0.15, 0.2) is 29.6 Å². The number of aromatic nitrogens is 1. The number of anilines is 2. The summed E-state index contributed by atoms with van der Waals surface area (Å²) in [4.78, 5) is 18.5. The number of ether oxygens (including phenoxy) is 1. The van der Waals surface area contributed by atoms with Crippen LogP contribution in [0.2, 0.25) is 0 Å². The van der Waals surface area contributed by atoms with E-state index in [1.807, 2.05) is 0 Å². The van der Waals surface area contributed by atoms with E-state index in [0.717, 1.165) is 18.2 Å². The molecule has 3 rings (SSSR count). The molecule has 1 amide bonds. The molecule has 0 bridgehead atoms. The monoisotopic (exact) mass is 307 g/mol. The minimum Gasteiger partial charge on any atom is -0.378 e. The highest BCUT2D eigenvalue weighted by Gasteiger charge is 2.17. The zero-order valence-corrected chi connectivity index (χ0v) is 12.0. The summed E-state index contributed by atoms with van der Waals surface area (Å²) < 4.78 is 18.1. The first-order valence-electron chi connectivity index (χ1n) is 6.57. The van der Waals surface area contributed by atoms with E-state index in [2.05, 4.69) is 15.2 Å². The number of halogens is 1. The number of hydrogen-bond acceptors (Lipinski definition) is 5. The summed E-state index contributed by atoms with van der Waals surface area (Å²) >= 11 is 1.44. The van der Waals surface area contributed by atoms with Gasteiger partial charge in [0.2, 0.25) is 0 Å². The van der Waals surface area contributed by atoms with E-state index >= 15 is 0 Å². The summed E-state index contributed by atoms with van der Waals surface area (Å²) in [6.45, 7) is 2.92. The molecule has 1 fully saturated rings. The van der Waals surface area contributed by atoms with E-state index in [4.69, 9.17) is 4.74 Å². The number of thiazole rings is 1. The lowest BCUT2D eigenvalue weighted by Crippen LogP contribution is -2.36. The Morgan fingerprint density at radius 2 is 2.00 bits per heavy atom. The van der Waals surface area contributed by atoms with Crippen molar-refractivity contribution in [3.05, 3.63) is 41.2 Å². The minimum atomic E-state index is -0.337. The summed E-state index contributed by atoms with van der Waals surface area (Å²) in [5, 5.41) is 5.24. The molecule has 21 heavy (non-hydrogen) atoms. The van der Waals surface area contributed by atoms with Crippen molar-refractivity contribution in [1.82, 2.24) is 4.98 Å². The molecule has 1 N–H and O–H groups in total. The van der Waals surface area contributed by atoms with Crippen molar-refractivity contribution in [3.8, 4) is 0 Å². The molecule has 1 aliphatic rings. The van der Waals surface area contributed by atoms with E-state index in [0.29, 0.717) is 24.6 Å². The summed E-state index contributed by atoms with van der Waals surface area (Å²) in [5.41, 5.74) is 0.910. The second-order valence-corrected chi connectivity index (χ2v) is 5.41. The fourth-order valence-electron chi connectivity index (χ4n) is 2.00. The zero-order chi connectivity index (χ0) is 14.7. The minimum absolute atomic E-state index is 0.294. The Morgan fingerprint density at radius 1 is 1.29 bits per heavy atom. The van der Waals surface area contributed by atoms with Crippen LogP contribution in [0.3, 0.4) is 0 Å². The average Bonchev–Trinajstić information content (AvgIpc) is 3.00.